The van der Waals surface area contributed by atoms with Crippen LogP contribution in [0.25, 0.3) is 22.3 Å². The lowest BCUT2D eigenvalue weighted by Gasteiger charge is -2.25. The number of halogens is 2. The van der Waals surface area contributed by atoms with E-state index in [0.29, 0.717) is 11.2 Å². The molecule has 7 rings (SSSR count). The van der Waals surface area contributed by atoms with Crippen LogP contribution in [0.3, 0.4) is 0 Å². The third-order valence-electron chi connectivity index (χ3n) is 7.54. The molecule has 4 aromatic rings. The van der Waals surface area contributed by atoms with Crippen molar-refractivity contribution in [2.75, 3.05) is 25.3 Å². The van der Waals surface area contributed by atoms with Gasteiger partial charge in [-0.1, -0.05) is 0 Å². The van der Waals surface area contributed by atoms with Gasteiger partial charge in [0.2, 0.25) is 0 Å². The molecule has 10 atom stereocenters. The highest BCUT2D eigenvalue weighted by molar-refractivity contribution is 8.07. The lowest BCUT2D eigenvalue weighted by Crippen LogP contribution is -2.35. The Bertz CT molecular complexity index is 1850. The number of nitrogen functional groups attached to an aromatic ring is 1. The van der Waals surface area contributed by atoms with Gasteiger partial charge in [-0.3, -0.25) is 18.2 Å². The topological polar surface area (TPSA) is 226 Å². The van der Waals surface area contributed by atoms with Crippen LogP contribution in [0.1, 0.15) is 18.1 Å². The summed E-state index contributed by atoms with van der Waals surface area (Å²) in [4.78, 5) is 46.0. The molecule has 3 aliphatic heterocycles. The lowest BCUT2D eigenvalue weighted by molar-refractivity contribution is -0.0544. The summed E-state index contributed by atoms with van der Waals surface area (Å²) in [7, 11) is -4.60. The van der Waals surface area contributed by atoms with Gasteiger partial charge in [-0.2, -0.15) is 0 Å². The van der Waals surface area contributed by atoms with Crippen LogP contribution in [-0.2, 0) is 44.2 Å². The van der Waals surface area contributed by atoms with Crippen LogP contribution in [0.2, 0.25) is 0 Å². The van der Waals surface area contributed by atoms with Crippen molar-refractivity contribution in [3.63, 3.8) is 0 Å². The summed E-state index contributed by atoms with van der Waals surface area (Å²) >= 11 is 5.17. The average Bonchev–Trinajstić information content (AvgIpc) is 3.75. The Morgan fingerprint density at radius 3 is 2.18 bits per heavy atom. The van der Waals surface area contributed by atoms with Crippen LogP contribution in [0.4, 0.5) is 14.6 Å². The average molecular weight is 692 g/mol. The van der Waals surface area contributed by atoms with E-state index in [1.54, 1.807) is 6.92 Å². The van der Waals surface area contributed by atoms with E-state index in [1.807, 2.05) is 0 Å². The van der Waals surface area contributed by atoms with Gasteiger partial charge in [-0.15, -0.1) is 0 Å². The van der Waals surface area contributed by atoms with Gasteiger partial charge < -0.3 is 38.8 Å². The van der Waals surface area contributed by atoms with Crippen LogP contribution in [-0.4, -0.2) is 105 Å². The maximum atomic E-state index is 16.0. The first kappa shape index (κ1) is 30.9. The third kappa shape index (κ3) is 5.65. The number of aryl methyl sites for hydroxylation is 1. The number of alkyl halides is 2. The zero-order valence-corrected chi connectivity index (χ0v) is 25.6. The molecule has 0 aromatic carbocycles. The Morgan fingerprint density at radius 1 is 0.889 bits per heavy atom. The summed E-state index contributed by atoms with van der Waals surface area (Å²) in [6.07, 6.45) is -8.59. The molecular formula is C22H25F2N9O9P2S. The molecule has 23 heteroatoms. The first-order chi connectivity index (χ1) is 21.4. The van der Waals surface area contributed by atoms with Crippen LogP contribution >= 0.6 is 14.3 Å². The molecule has 0 amide bonds. The van der Waals surface area contributed by atoms with Crippen molar-refractivity contribution in [3.8, 4) is 0 Å². The number of ether oxygens (including phenoxy) is 3. The molecule has 0 aliphatic carbocycles. The minimum absolute atomic E-state index is 0.0537. The Morgan fingerprint density at radius 2 is 1.47 bits per heavy atom. The maximum Gasteiger partial charge on any atom is 0.353 e. The number of hydrogen-bond donors (Lipinski definition) is 3. The van der Waals surface area contributed by atoms with E-state index in [1.165, 1.54) is 28.1 Å². The van der Waals surface area contributed by atoms with Crippen LogP contribution in [0.5, 0.6) is 0 Å². The summed E-state index contributed by atoms with van der Waals surface area (Å²) in [6.45, 7) is -3.88. The molecule has 3 saturated heterocycles. The van der Waals surface area contributed by atoms with E-state index in [9.17, 15) is 14.4 Å². The van der Waals surface area contributed by atoms with Gasteiger partial charge in [0.25, 0.3) is 0 Å². The van der Waals surface area contributed by atoms with Gasteiger partial charge in [-0.05, 0) is 18.7 Å². The number of imidazole rings is 2. The Balaban J connectivity index is 1.16. The highest BCUT2D eigenvalue weighted by atomic mass is 32.5. The van der Waals surface area contributed by atoms with Crippen molar-refractivity contribution in [2.45, 2.75) is 56.1 Å². The summed E-state index contributed by atoms with van der Waals surface area (Å²) < 4.78 is 80.9. The maximum absolute atomic E-state index is 16.0. The minimum Gasteiger partial charge on any atom is -0.382 e. The second-order valence-electron chi connectivity index (χ2n) is 10.4. The molecule has 242 valence electrons. The predicted octanol–water partition coefficient (Wildman–Crippen LogP) is 1.20. The highest BCUT2D eigenvalue weighted by Gasteiger charge is 2.52. The van der Waals surface area contributed by atoms with Crippen molar-refractivity contribution in [3.05, 3.63) is 31.0 Å². The van der Waals surface area contributed by atoms with Gasteiger partial charge in [0.05, 0.1) is 31.6 Å². The van der Waals surface area contributed by atoms with E-state index in [2.05, 4.69) is 29.9 Å². The van der Waals surface area contributed by atoms with Gasteiger partial charge in [-0.25, -0.2) is 38.7 Å². The minimum atomic E-state index is -4.60. The summed E-state index contributed by atoms with van der Waals surface area (Å²) in [5, 5.41) is 0. The predicted molar refractivity (Wildman–Crippen MR) is 150 cm³/mol. The molecule has 3 fully saturated rings. The van der Waals surface area contributed by atoms with Crippen molar-refractivity contribution >= 4 is 54.3 Å². The summed E-state index contributed by atoms with van der Waals surface area (Å²) in [6, 6.07) is 0. The zero-order chi connectivity index (χ0) is 31.7. The number of hydrogen-bond acceptors (Lipinski definition) is 15. The fourth-order valence-corrected chi connectivity index (χ4v) is 7.65. The molecule has 2 unspecified atom stereocenters. The van der Waals surface area contributed by atoms with Gasteiger partial charge in [0.15, 0.2) is 41.9 Å². The van der Waals surface area contributed by atoms with E-state index < -0.39 is 83.1 Å². The van der Waals surface area contributed by atoms with Crippen molar-refractivity contribution in [1.82, 2.24) is 39.0 Å². The first-order valence-electron chi connectivity index (χ1n) is 13.3. The normalized spacial score (nSPS) is 38.0. The highest BCUT2D eigenvalue weighted by Crippen LogP contribution is 2.52. The number of nitrogens with two attached hydrogens (primary N) is 1. The van der Waals surface area contributed by atoms with Crippen LogP contribution in [0.15, 0.2) is 25.3 Å². The monoisotopic (exact) mass is 691 g/mol. The van der Waals surface area contributed by atoms with Crippen LogP contribution < -0.4 is 5.73 Å². The lowest BCUT2D eigenvalue weighted by atomic mass is 10.1. The molecule has 0 saturated carbocycles. The number of rotatable bonds is 2. The van der Waals surface area contributed by atoms with Crippen molar-refractivity contribution in [1.29, 1.82) is 0 Å². The summed E-state index contributed by atoms with van der Waals surface area (Å²) in [5.74, 6) is 0.0537. The van der Waals surface area contributed by atoms with Crippen molar-refractivity contribution < 1.29 is 50.9 Å². The molecule has 45 heavy (non-hydrogen) atoms. The fraction of sp³-hybridized carbons (Fsp3) is 0.545. The van der Waals surface area contributed by atoms with Crippen LogP contribution in [0, 0.1) is 6.92 Å². The smallest absolute Gasteiger partial charge is 0.353 e. The van der Waals surface area contributed by atoms with Gasteiger partial charge in [0.1, 0.15) is 54.5 Å². The number of aromatic nitrogens is 8. The number of anilines is 1. The molecule has 7 heterocycles. The van der Waals surface area contributed by atoms with E-state index in [0.717, 1.165) is 6.33 Å². The van der Waals surface area contributed by atoms with E-state index in [-0.39, 0.29) is 22.6 Å². The molecule has 4 aromatic heterocycles. The Hall–Kier alpha value is -2.68. The Labute approximate surface area is 256 Å². The van der Waals surface area contributed by atoms with E-state index >= 15 is 8.78 Å². The molecule has 0 spiro atoms. The standard InChI is InChI=1S/C22H25F2N9O9P2S/c1-9-14-19(28-4-26-9)32(6-30-14)22-13(24)17-11(41-22)2-38-43(34,35)8-37-16-10(3-39-44(36,45)42-17)40-21(12(16)23)33-7-31-15-18(25)27-5-29-20(15)33/h4-7,10-13,16-17,21-22H,2-3,8H2,1H3,(H,34,35)(H,36,45)(H2,25,27,29)/t10-,11-,12-,13-,16-,17-,21-,22-,44?/m1/s1. The van der Waals surface area contributed by atoms with Gasteiger partial charge >= 0.3 is 14.3 Å². The third-order valence-corrected chi connectivity index (χ3v) is 10.1. The summed E-state index contributed by atoms with van der Waals surface area (Å²) in [5.41, 5.74) is 7.38. The molecule has 0 bridgehead atoms. The molecule has 4 N–H and O–H groups in total. The quantitative estimate of drug-likeness (QED) is 0.251. The number of fused-ring (bicyclic) bond motifs is 4. The Kier molecular flexibility index (Phi) is 7.93. The zero-order valence-electron chi connectivity index (χ0n) is 23.0. The van der Waals surface area contributed by atoms with Crippen molar-refractivity contribution in [2.24, 2.45) is 0 Å². The first-order valence-corrected chi connectivity index (χ1v) is 17.7. The van der Waals surface area contributed by atoms with E-state index in [4.69, 9.17) is 45.3 Å². The molecule has 18 nitrogen and oxygen atoms in total. The fourth-order valence-electron chi connectivity index (χ4n) is 5.40. The number of nitrogens with zero attached hydrogens (tertiary/aromatic N) is 8. The second kappa shape index (κ2) is 11.5. The molecule has 0 radical (unpaired) electrons. The molecular weight excluding hydrogens is 666 g/mol. The largest absolute Gasteiger partial charge is 0.382 e. The molecule has 3 aliphatic rings. The van der Waals surface area contributed by atoms with Gasteiger partial charge in [0, 0.05) is 0 Å². The SMILES string of the molecule is Cc1ncnc2c1ncn2[C@@H]1O[C@@H]2COP(=O)(O)CO[C@H]3[C@@H](F)[C@H](n4cnc5c(N)ncnc54)O[C@@H]3COP(O)(=S)O[C@H]2[C@H]1F. The second-order valence-corrected chi connectivity index (χ2v) is 15.0.